The highest BCUT2D eigenvalue weighted by Crippen LogP contribution is 1.93. The average molecular weight is 118 g/mol. The summed E-state index contributed by atoms with van der Waals surface area (Å²) >= 11 is 0. The standard InChI is InChI=1S/C6H4N3/c1-2-7-5-9-4-3-8-6(1)9/h1,3-5H. The van der Waals surface area contributed by atoms with Crippen LogP contribution in [0.25, 0.3) is 5.65 Å². The van der Waals surface area contributed by atoms with Crippen LogP contribution < -0.4 is 0 Å². The van der Waals surface area contributed by atoms with Crippen LogP contribution in [0.4, 0.5) is 0 Å². The van der Waals surface area contributed by atoms with Gasteiger partial charge >= 0.3 is 0 Å². The second kappa shape index (κ2) is 1.55. The molecule has 3 heteroatoms. The quantitative estimate of drug-likeness (QED) is 0.505. The molecule has 0 saturated carbocycles. The molecule has 0 amide bonds. The summed E-state index contributed by atoms with van der Waals surface area (Å²) in [6.07, 6.45) is 7.93. The van der Waals surface area contributed by atoms with Gasteiger partial charge in [0.2, 0.25) is 0 Å². The van der Waals surface area contributed by atoms with Crippen LogP contribution in [0.15, 0.2) is 24.8 Å². The van der Waals surface area contributed by atoms with E-state index in [9.17, 15) is 0 Å². The first kappa shape index (κ1) is 4.49. The molecule has 0 spiro atoms. The molecule has 2 heterocycles. The van der Waals surface area contributed by atoms with Crippen molar-refractivity contribution in [2.24, 2.45) is 0 Å². The Bertz CT molecular complexity index is 282. The predicted molar refractivity (Wildman–Crippen MR) is 31.8 cm³/mol. The molecule has 0 aliphatic heterocycles. The molecule has 0 atom stereocenters. The number of imidazole rings is 1. The Kier molecular flexibility index (Phi) is 0.773. The summed E-state index contributed by atoms with van der Waals surface area (Å²) < 4.78 is 1.83. The first-order chi connectivity index (χ1) is 4.47. The van der Waals surface area contributed by atoms with E-state index < -0.39 is 0 Å². The number of hydrogen-bond acceptors (Lipinski definition) is 2. The highest BCUT2D eigenvalue weighted by atomic mass is 15.0. The lowest BCUT2D eigenvalue weighted by atomic mass is 10.6. The summed E-state index contributed by atoms with van der Waals surface area (Å²) in [6, 6.07) is 1.74. The second-order valence-electron chi connectivity index (χ2n) is 1.71. The minimum Gasteiger partial charge on any atom is -0.290 e. The van der Waals surface area contributed by atoms with E-state index in [1.165, 1.54) is 0 Å². The van der Waals surface area contributed by atoms with Gasteiger partial charge in [0.25, 0.3) is 0 Å². The van der Waals surface area contributed by atoms with Crippen molar-refractivity contribution < 1.29 is 0 Å². The van der Waals surface area contributed by atoms with E-state index in [1.54, 1.807) is 18.6 Å². The number of nitrogens with zero attached hydrogens (tertiary/aromatic N) is 3. The third-order valence-corrected chi connectivity index (χ3v) is 1.15. The maximum absolute atomic E-state index is 4.01. The number of fused-ring (bicyclic) bond motifs is 1. The third kappa shape index (κ3) is 0.579. The van der Waals surface area contributed by atoms with Gasteiger partial charge in [0, 0.05) is 18.5 Å². The number of hydrogen-bond donors (Lipinski definition) is 0. The van der Waals surface area contributed by atoms with Crippen molar-refractivity contribution in [1.82, 2.24) is 14.4 Å². The fraction of sp³-hybridized carbons (Fsp3) is 0. The van der Waals surface area contributed by atoms with Gasteiger partial charge in [-0.05, 0) is 0 Å². The van der Waals surface area contributed by atoms with Gasteiger partial charge in [-0.25, -0.2) is 9.97 Å². The zero-order valence-electron chi connectivity index (χ0n) is 4.65. The molecule has 1 radical (unpaired) electrons. The van der Waals surface area contributed by atoms with Crippen LogP contribution in [0.1, 0.15) is 0 Å². The molecular weight excluding hydrogens is 114 g/mol. The molecule has 9 heavy (non-hydrogen) atoms. The SMILES string of the molecule is [c]1cc2nccn2cn1. The first-order valence-corrected chi connectivity index (χ1v) is 2.61. The summed E-state index contributed by atoms with van der Waals surface area (Å²) in [5.41, 5.74) is 0.880. The molecule has 0 saturated heterocycles. The monoisotopic (exact) mass is 118 g/mol. The minimum atomic E-state index is 0.880. The van der Waals surface area contributed by atoms with Gasteiger partial charge in [-0.15, -0.1) is 0 Å². The average Bonchev–Trinajstić information content (AvgIpc) is 2.33. The van der Waals surface area contributed by atoms with Crippen molar-refractivity contribution in [3.05, 3.63) is 31.0 Å². The summed E-state index contributed by atoms with van der Waals surface area (Å²) in [4.78, 5) is 7.79. The van der Waals surface area contributed by atoms with E-state index in [0.29, 0.717) is 0 Å². The lowest BCUT2D eigenvalue weighted by Gasteiger charge is -1.85. The molecule has 2 aromatic rings. The van der Waals surface area contributed by atoms with E-state index in [4.69, 9.17) is 0 Å². The molecule has 0 aromatic carbocycles. The van der Waals surface area contributed by atoms with Gasteiger partial charge < -0.3 is 0 Å². The lowest BCUT2D eigenvalue weighted by molar-refractivity contribution is 1.08. The van der Waals surface area contributed by atoms with Crippen LogP contribution in [-0.4, -0.2) is 14.4 Å². The van der Waals surface area contributed by atoms with E-state index in [0.717, 1.165) is 5.65 Å². The van der Waals surface area contributed by atoms with Crippen LogP contribution in [0.5, 0.6) is 0 Å². The van der Waals surface area contributed by atoms with Gasteiger partial charge in [0.1, 0.15) is 12.0 Å². The van der Waals surface area contributed by atoms with Crippen LogP contribution in [0.3, 0.4) is 0 Å². The van der Waals surface area contributed by atoms with Gasteiger partial charge in [-0.3, -0.25) is 4.40 Å². The Morgan fingerprint density at radius 3 is 3.44 bits per heavy atom. The van der Waals surface area contributed by atoms with Crippen molar-refractivity contribution in [1.29, 1.82) is 0 Å². The third-order valence-electron chi connectivity index (χ3n) is 1.15. The second-order valence-corrected chi connectivity index (χ2v) is 1.71. The van der Waals surface area contributed by atoms with Crippen LogP contribution in [0.2, 0.25) is 0 Å². The largest absolute Gasteiger partial charge is 0.290 e. The van der Waals surface area contributed by atoms with Gasteiger partial charge in [0.05, 0.1) is 6.20 Å². The highest BCUT2D eigenvalue weighted by Gasteiger charge is 1.86. The molecule has 0 bridgehead atoms. The first-order valence-electron chi connectivity index (χ1n) is 2.61. The van der Waals surface area contributed by atoms with E-state index in [2.05, 4.69) is 16.2 Å². The van der Waals surface area contributed by atoms with Crippen molar-refractivity contribution in [3.63, 3.8) is 0 Å². The molecule has 2 aromatic heterocycles. The van der Waals surface area contributed by atoms with Crippen LogP contribution in [0, 0.1) is 6.20 Å². The lowest BCUT2D eigenvalue weighted by Crippen LogP contribution is -1.82. The summed E-state index contributed by atoms with van der Waals surface area (Å²) in [7, 11) is 0. The van der Waals surface area contributed by atoms with Crippen molar-refractivity contribution in [3.8, 4) is 0 Å². The maximum atomic E-state index is 4.01. The molecule has 43 valence electrons. The Hall–Kier alpha value is -1.38. The van der Waals surface area contributed by atoms with Crippen molar-refractivity contribution in [2.45, 2.75) is 0 Å². The number of aromatic nitrogens is 3. The summed E-state index contributed by atoms with van der Waals surface area (Å²) in [6.45, 7) is 0. The molecule has 0 fully saturated rings. The van der Waals surface area contributed by atoms with E-state index in [1.807, 2.05) is 10.6 Å². The maximum Gasteiger partial charge on any atom is 0.140 e. The molecular formula is C6H4N3. The number of rotatable bonds is 0. The predicted octanol–water partition coefficient (Wildman–Crippen LogP) is 0.529. The van der Waals surface area contributed by atoms with E-state index >= 15 is 0 Å². The van der Waals surface area contributed by atoms with Gasteiger partial charge in [0.15, 0.2) is 0 Å². The smallest absolute Gasteiger partial charge is 0.140 e. The Morgan fingerprint density at radius 2 is 2.56 bits per heavy atom. The minimum absolute atomic E-state index is 0.880. The Balaban J connectivity index is 2.95. The topological polar surface area (TPSA) is 30.2 Å². The Morgan fingerprint density at radius 1 is 1.56 bits per heavy atom. The molecule has 0 unspecified atom stereocenters. The zero-order chi connectivity index (χ0) is 6.10. The van der Waals surface area contributed by atoms with Crippen molar-refractivity contribution >= 4 is 5.65 Å². The van der Waals surface area contributed by atoms with Crippen LogP contribution >= 0.6 is 0 Å². The van der Waals surface area contributed by atoms with Crippen molar-refractivity contribution in [2.75, 3.05) is 0 Å². The summed E-state index contributed by atoms with van der Waals surface area (Å²) in [5.74, 6) is 0. The fourth-order valence-electron chi connectivity index (χ4n) is 0.725. The van der Waals surface area contributed by atoms with Gasteiger partial charge in [-0.2, -0.15) is 0 Å². The Labute approximate surface area is 52.0 Å². The molecule has 3 nitrogen and oxygen atoms in total. The van der Waals surface area contributed by atoms with Gasteiger partial charge in [-0.1, -0.05) is 0 Å². The molecule has 0 aliphatic rings. The highest BCUT2D eigenvalue weighted by molar-refractivity contribution is 5.34. The summed E-state index contributed by atoms with van der Waals surface area (Å²) in [5, 5.41) is 0. The van der Waals surface area contributed by atoms with Crippen LogP contribution in [-0.2, 0) is 0 Å². The zero-order valence-corrected chi connectivity index (χ0v) is 4.65. The fourth-order valence-corrected chi connectivity index (χ4v) is 0.725. The van der Waals surface area contributed by atoms with E-state index in [-0.39, 0.29) is 0 Å². The normalized spacial score (nSPS) is 10.2. The molecule has 0 aliphatic carbocycles. The molecule has 0 N–H and O–H groups in total. The molecule has 2 rings (SSSR count).